The lowest BCUT2D eigenvalue weighted by Gasteiger charge is -2.21. The minimum absolute atomic E-state index is 0.818. The van der Waals surface area contributed by atoms with Gasteiger partial charge in [0.2, 0.25) is 0 Å². The van der Waals surface area contributed by atoms with Gasteiger partial charge in [-0.2, -0.15) is 5.10 Å². The van der Waals surface area contributed by atoms with Crippen molar-refractivity contribution in [2.45, 2.75) is 32.7 Å². The standard InChI is InChI=1S/C11H19N3/c1-2-14-9-11(8-13-14)6-10-4-3-5-12-7-10/h8-10,12H,2-7H2,1H3. The Bertz CT molecular complexity index is 274. The number of rotatable bonds is 3. The SMILES string of the molecule is CCn1cc(CC2CCCNC2)cn1. The molecule has 1 aromatic heterocycles. The second kappa shape index (κ2) is 4.60. The molecule has 1 aliphatic heterocycles. The Balaban J connectivity index is 1.89. The van der Waals surface area contributed by atoms with Gasteiger partial charge in [0.25, 0.3) is 0 Å². The normalized spacial score (nSPS) is 22.5. The molecule has 2 rings (SSSR count). The fourth-order valence-corrected chi connectivity index (χ4v) is 2.12. The van der Waals surface area contributed by atoms with E-state index in [0.29, 0.717) is 0 Å². The first-order chi connectivity index (χ1) is 6.88. The summed E-state index contributed by atoms with van der Waals surface area (Å²) in [6.45, 7) is 5.48. The minimum atomic E-state index is 0.818. The molecule has 0 spiro atoms. The molecule has 0 aliphatic carbocycles. The Hall–Kier alpha value is -0.830. The van der Waals surface area contributed by atoms with Gasteiger partial charge in [-0.25, -0.2) is 0 Å². The first-order valence-electron chi connectivity index (χ1n) is 5.60. The summed E-state index contributed by atoms with van der Waals surface area (Å²) in [6, 6.07) is 0. The van der Waals surface area contributed by atoms with Crippen molar-refractivity contribution in [1.82, 2.24) is 15.1 Å². The van der Waals surface area contributed by atoms with Gasteiger partial charge in [0.1, 0.15) is 0 Å². The number of piperidine rings is 1. The molecule has 0 amide bonds. The summed E-state index contributed by atoms with van der Waals surface area (Å²) >= 11 is 0. The van der Waals surface area contributed by atoms with Gasteiger partial charge in [0.15, 0.2) is 0 Å². The highest BCUT2D eigenvalue weighted by Gasteiger charge is 2.13. The average molecular weight is 193 g/mol. The van der Waals surface area contributed by atoms with Gasteiger partial charge >= 0.3 is 0 Å². The second-order valence-electron chi connectivity index (χ2n) is 4.12. The van der Waals surface area contributed by atoms with Crippen molar-refractivity contribution in [3.8, 4) is 0 Å². The summed E-state index contributed by atoms with van der Waals surface area (Å²) in [5.41, 5.74) is 1.39. The van der Waals surface area contributed by atoms with E-state index in [9.17, 15) is 0 Å². The fourth-order valence-electron chi connectivity index (χ4n) is 2.12. The van der Waals surface area contributed by atoms with Crippen LogP contribution in [-0.4, -0.2) is 22.9 Å². The molecule has 3 nitrogen and oxygen atoms in total. The number of aryl methyl sites for hydroxylation is 1. The van der Waals surface area contributed by atoms with Gasteiger partial charge in [-0.3, -0.25) is 4.68 Å². The Morgan fingerprint density at radius 2 is 2.57 bits per heavy atom. The molecule has 0 aromatic carbocycles. The molecule has 0 radical (unpaired) electrons. The van der Waals surface area contributed by atoms with E-state index in [4.69, 9.17) is 0 Å². The predicted molar refractivity (Wildman–Crippen MR) is 57.2 cm³/mol. The highest BCUT2D eigenvalue weighted by Crippen LogP contribution is 2.15. The average Bonchev–Trinajstić information content (AvgIpc) is 2.67. The van der Waals surface area contributed by atoms with Crippen LogP contribution >= 0.6 is 0 Å². The van der Waals surface area contributed by atoms with Crippen molar-refractivity contribution < 1.29 is 0 Å². The smallest absolute Gasteiger partial charge is 0.0521 e. The molecule has 2 heterocycles. The van der Waals surface area contributed by atoms with E-state index in [1.165, 1.54) is 37.9 Å². The lowest BCUT2D eigenvalue weighted by Crippen LogP contribution is -2.30. The monoisotopic (exact) mass is 193 g/mol. The third-order valence-electron chi connectivity index (χ3n) is 2.93. The predicted octanol–water partition coefficient (Wildman–Crippen LogP) is 1.45. The van der Waals surface area contributed by atoms with Crippen molar-refractivity contribution >= 4 is 0 Å². The molecular weight excluding hydrogens is 174 g/mol. The molecule has 1 unspecified atom stereocenters. The van der Waals surface area contributed by atoms with Crippen molar-refractivity contribution in [2.24, 2.45) is 5.92 Å². The lowest BCUT2D eigenvalue weighted by atomic mass is 9.94. The summed E-state index contributed by atoms with van der Waals surface area (Å²) in [5, 5.41) is 7.75. The molecule has 1 N–H and O–H groups in total. The van der Waals surface area contributed by atoms with E-state index in [0.717, 1.165) is 12.5 Å². The number of hydrogen-bond acceptors (Lipinski definition) is 2. The van der Waals surface area contributed by atoms with Gasteiger partial charge in [0, 0.05) is 12.7 Å². The maximum Gasteiger partial charge on any atom is 0.0521 e. The van der Waals surface area contributed by atoms with Crippen LogP contribution < -0.4 is 5.32 Å². The summed E-state index contributed by atoms with van der Waals surface area (Å²) in [6.07, 6.45) is 8.07. The van der Waals surface area contributed by atoms with Crippen LogP contribution in [0.15, 0.2) is 12.4 Å². The van der Waals surface area contributed by atoms with Crippen LogP contribution in [0.4, 0.5) is 0 Å². The fraction of sp³-hybridized carbons (Fsp3) is 0.727. The van der Waals surface area contributed by atoms with E-state index in [1.807, 2.05) is 10.9 Å². The first kappa shape index (κ1) is 9.71. The molecule has 0 saturated carbocycles. The first-order valence-corrected chi connectivity index (χ1v) is 5.60. The van der Waals surface area contributed by atoms with Crippen LogP contribution in [0.5, 0.6) is 0 Å². The van der Waals surface area contributed by atoms with Gasteiger partial charge in [0.05, 0.1) is 6.20 Å². The third kappa shape index (κ3) is 2.35. The Labute approximate surface area is 85.5 Å². The summed E-state index contributed by atoms with van der Waals surface area (Å²) < 4.78 is 2.01. The summed E-state index contributed by atoms with van der Waals surface area (Å²) in [4.78, 5) is 0. The van der Waals surface area contributed by atoms with E-state index >= 15 is 0 Å². The molecule has 1 fully saturated rings. The largest absolute Gasteiger partial charge is 0.316 e. The van der Waals surface area contributed by atoms with Crippen LogP contribution in [0.3, 0.4) is 0 Å². The number of nitrogens with one attached hydrogen (secondary N) is 1. The summed E-state index contributed by atoms with van der Waals surface area (Å²) in [5.74, 6) is 0.818. The third-order valence-corrected chi connectivity index (χ3v) is 2.93. The summed E-state index contributed by atoms with van der Waals surface area (Å²) in [7, 11) is 0. The Kier molecular flexibility index (Phi) is 3.19. The van der Waals surface area contributed by atoms with Crippen molar-refractivity contribution in [1.29, 1.82) is 0 Å². The molecule has 14 heavy (non-hydrogen) atoms. The van der Waals surface area contributed by atoms with Crippen LogP contribution in [0.1, 0.15) is 25.3 Å². The van der Waals surface area contributed by atoms with Crippen molar-refractivity contribution in [3.05, 3.63) is 18.0 Å². The molecular formula is C11H19N3. The lowest BCUT2D eigenvalue weighted by molar-refractivity contribution is 0.376. The number of hydrogen-bond donors (Lipinski definition) is 1. The molecule has 1 aromatic rings. The zero-order valence-electron chi connectivity index (χ0n) is 8.87. The van der Waals surface area contributed by atoms with Gasteiger partial charge in [-0.15, -0.1) is 0 Å². The molecule has 78 valence electrons. The molecule has 3 heteroatoms. The van der Waals surface area contributed by atoms with E-state index in [-0.39, 0.29) is 0 Å². The maximum absolute atomic E-state index is 4.30. The zero-order chi connectivity index (χ0) is 9.80. The zero-order valence-corrected chi connectivity index (χ0v) is 8.87. The molecule has 1 saturated heterocycles. The maximum atomic E-state index is 4.30. The number of nitrogens with zero attached hydrogens (tertiary/aromatic N) is 2. The van der Waals surface area contributed by atoms with E-state index in [1.54, 1.807) is 0 Å². The highest BCUT2D eigenvalue weighted by atomic mass is 15.3. The Morgan fingerprint density at radius 1 is 1.64 bits per heavy atom. The van der Waals surface area contributed by atoms with Crippen LogP contribution in [0.25, 0.3) is 0 Å². The Morgan fingerprint density at radius 3 is 3.21 bits per heavy atom. The second-order valence-corrected chi connectivity index (χ2v) is 4.12. The van der Waals surface area contributed by atoms with Crippen LogP contribution in [0.2, 0.25) is 0 Å². The van der Waals surface area contributed by atoms with E-state index in [2.05, 4.69) is 23.5 Å². The van der Waals surface area contributed by atoms with Crippen LogP contribution in [-0.2, 0) is 13.0 Å². The van der Waals surface area contributed by atoms with Gasteiger partial charge < -0.3 is 5.32 Å². The molecule has 1 atom stereocenters. The van der Waals surface area contributed by atoms with Gasteiger partial charge in [-0.05, 0) is 50.8 Å². The van der Waals surface area contributed by atoms with Crippen LogP contribution in [0, 0.1) is 5.92 Å². The number of aromatic nitrogens is 2. The van der Waals surface area contributed by atoms with Gasteiger partial charge in [-0.1, -0.05) is 0 Å². The quantitative estimate of drug-likeness (QED) is 0.787. The van der Waals surface area contributed by atoms with E-state index < -0.39 is 0 Å². The topological polar surface area (TPSA) is 29.9 Å². The van der Waals surface area contributed by atoms with Crippen molar-refractivity contribution in [2.75, 3.05) is 13.1 Å². The highest BCUT2D eigenvalue weighted by molar-refractivity contribution is 5.05. The minimum Gasteiger partial charge on any atom is -0.316 e. The van der Waals surface area contributed by atoms with Crippen molar-refractivity contribution in [3.63, 3.8) is 0 Å². The molecule has 0 bridgehead atoms. The molecule has 1 aliphatic rings.